The van der Waals surface area contributed by atoms with Crippen LogP contribution in [0.15, 0.2) is 22.5 Å². The van der Waals surface area contributed by atoms with Crippen molar-refractivity contribution in [1.82, 2.24) is 5.32 Å². The zero-order valence-electron chi connectivity index (χ0n) is 13.4. The summed E-state index contributed by atoms with van der Waals surface area (Å²) < 4.78 is 20.6. The Morgan fingerprint density at radius 2 is 2.30 bits per heavy atom. The van der Waals surface area contributed by atoms with Gasteiger partial charge in [-0.1, -0.05) is 6.42 Å². The van der Waals surface area contributed by atoms with Crippen molar-refractivity contribution in [2.75, 3.05) is 13.2 Å². The number of ether oxygens (including phenoxy) is 1. The SMILES string of the molecule is CC(=O)NC[C@@H]1CCCC2(C=O)C3=C(F)CCC(P)=C3OC[C@@H]12. The van der Waals surface area contributed by atoms with E-state index < -0.39 is 5.41 Å². The Morgan fingerprint density at radius 3 is 3.00 bits per heavy atom. The second-order valence-corrected chi connectivity index (χ2v) is 7.50. The Kier molecular flexibility index (Phi) is 4.59. The fourth-order valence-electron chi connectivity index (χ4n) is 4.35. The molecule has 4 atom stereocenters. The summed E-state index contributed by atoms with van der Waals surface area (Å²) in [6, 6.07) is 0. The number of hydrogen-bond donors (Lipinski definition) is 1. The third-order valence-electron chi connectivity index (χ3n) is 5.50. The lowest BCUT2D eigenvalue weighted by Crippen LogP contribution is -2.51. The fraction of sp³-hybridized carbons (Fsp3) is 0.647. The zero-order chi connectivity index (χ0) is 16.6. The van der Waals surface area contributed by atoms with Gasteiger partial charge in [-0.25, -0.2) is 4.39 Å². The zero-order valence-corrected chi connectivity index (χ0v) is 14.5. The maximum Gasteiger partial charge on any atom is 0.216 e. The van der Waals surface area contributed by atoms with Gasteiger partial charge in [-0.15, -0.1) is 9.24 Å². The largest absolute Gasteiger partial charge is 0.493 e. The molecule has 1 aliphatic heterocycles. The monoisotopic (exact) mass is 339 g/mol. The molecule has 4 nitrogen and oxygen atoms in total. The van der Waals surface area contributed by atoms with Crippen LogP contribution >= 0.6 is 9.24 Å². The molecule has 0 aromatic heterocycles. The highest BCUT2D eigenvalue weighted by Crippen LogP contribution is 2.57. The van der Waals surface area contributed by atoms with Crippen LogP contribution in [-0.2, 0) is 14.3 Å². The minimum absolute atomic E-state index is 0.0824. The van der Waals surface area contributed by atoms with E-state index in [1.807, 2.05) is 0 Å². The van der Waals surface area contributed by atoms with Gasteiger partial charge in [0, 0.05) is 31.4 Å². The van der Waals surface area contributed by atoms with Crippen LogP contribution in [0.5, 0.6) is 0 Å². The van der Waals surface area contributed by atoms with Crippen LogP contribution in [0.4, 0.5) is 4.39 Å². The summed E-state index contributed by atoms with van der Waals surface area (Å²) in [5.74, 6) is 0.334. The second kappa shape index (κ2) is 6.35. The quantitative estimate of drug-likeness (QED) is 0.635. The first-order valence-electron chi connectivity index (χ1n) is 8.21. The molecule has 6 heteroatoms. The number of allylic oxidation sites excluding steroid dienone is 3. The molecule has 23 heavy (non-hydrogen) atoms. The first-order chi connectivity index (χ1) is 11.0. The van der Waals surface area contributed by atoms with Crippen molar-refractivity contribution in [3.8, 4) is 0 Å². The molecule has 1 saturated carbocycles. The number of nitrogens with one attached hydrogen (secondary N) is 1. The van der Waals surface area contributed by atoms with Crippen LogP contribution in [0.3, 0.4) is 0 Å². The molecule has 0 aromatic rings. The van der Waals surface area contributed by atoms with E-state index in [9.17, 15) is 14.0 Å². The number of hydrogen-bond acceptors (Lipinski definition) is 3. The molecule has 0 radical (unpaired) electrons. The van der Waals surface area contributed by atoms with Crippen molar-refractivity contribution in [3.63, 3.8) is 0 Å². The van der Waals surface area contributed by atoms with Crippen molar-refractivity contribution in [1.29, 1.82) is 0 Å². The fourth-order valence-corrected chi connectivity index (χ4v) is 4.72. The van der Waals surface area contributed by atoms with Gasteiger partial charge < -0.3 is 14.8 Å². The lowest BCUT2D eigenvalue weighted by atomic mass is 9.57. The number of amides is 1. The molecule has 0 spiro atoms. The summed E-state index contributed by atoms with van der Waals surface area (Å²) in [4.78, 5) is 23.4. The van der Waals surface area contributed by atoms with E-state index in [0.29, 0.717) is 43.7 Å². The topological polar surface area (TPSA) is 55.4 Å². The molecule has 3 aliphatic rings. The van der Waals surface area contributed by atoms with Gasteiger partial charge in [0.2, 0.25) is 5.91 Å². The van der Waals surface area contributed by atoms with E-state index in [4.69, 9.17) is 4.74 Å². The average molecular weight is 339 g/mol. The smallest absolute Gasteiger partial charge is 0.216 e. The van der Waals surface area contributed by atoms with Crippen molar-refractivity contribution < 1.29 is 18.7 Å². The van der Waals surface area contributed by atoms with Crippen LogP contribution in [0.2, 0.25) is 0 Å². The summed E-state index contributed by atoms with van der Waals surface area (Å²) >= 11 is 0. The molecular formula is C17H23FNO3P. The lowest BCUT2D eigenvalue weighted by Gasteiger charge is -2.50. The van der Waals surface area contributed by atoms with Gasteiger partial charge in [0.25, 0.3) is 0 Å². The molecule has 1 saturated heterocycles. The predicted molar refractivity (Wildman–Crippen MR) is 88.1 cm³/mol. The number of halogens is 1. The van der Waals surface area contributed by atoms with Gasteiger partial charge in [-0.05, 0) is 30.5 Å². The van der Waals surface area contributed by atoms with Crippen LogP contribution < -0.4 is 5.32 Å². The third-order valence-corrected chi connectivity index (χ3v) is 6.05. The maximum atomic E-state index is 14.7. The van der Waals surface area contributed by atoms with E-state index in [-0.39, 0.29) is 23.6 Å². The molecule has 2 unspecified atom stereocenters. The number of aldehydes is 1. The van der Waals surface area contributed by atoms with Crippen molar-refractivity contribution in [2.24, 2.45) is 17.3 Å². The Labute approximate surface area is 138 Å². The van der Waals surface area contributed by atoms with Crippen molar-refractivity contribution in [3.05, 3.63) is 22.5 Å². The summed E-state index contributed by atoms with van der Waals surface area (Å²) in [5, 5.41) is 3.79. The minimum atomic E-state index is -0.804. The van der Waals surface area contributed by atoms with Gasteiger partial charge in [0.05, 0.1) is 12.0 Å². The number of carbonyl (C=O) groups excluding carboxylic acids is 2. The number of fused-ring (bicyclic) bond motifs is 3. The van der Waals surface area contributed by atoms with Crippen molar-refractivity contribution in [2.45, 2.75) is 39.0 Å². The molecule has 126 valence electrons. The van der Waals surface area contributed by atoms with E-state index in [1.54, 1.807) is 0 Å². The van der Waals surface area contributed by atoms with E-state index in [0.717, 1.165) is 24.4 Å². The Morgan fingerprint density at radius 1 is 1.52 bits per heavy atom. The van der Waals surface area contributed by atoms with Gasteiger partial charge in [-0.2, -0.15) is 0 Å². The Balaban J connectivity index is 1.99. The summed E-state index contributed by atoms with van der Waals surface area (Å²) in [6.45, 7) is 2.41. The highest BCUT2D eigenvalue weighted by atomic mass is 31.0. The van der Waals surface area contributed by atoms with Gasteiger partial charge in [0.15, 0.2) is 0 Å². The maximum absolute atomic E-state index is 14.7. The van der Waals surface area contributed by atoms with Gasteiger partial charge >= 0.3 is 0 Å². The molecule has 2 fully saturated rings. The third kappa shape index (κ3) is 2.73. The minimum Gasteiger partial charge on any atom is -0.493 e. The number of carbonyl (C=O) groups is 2. The molecule has 1 heterocycles. The standard InChI is InChI=1S/C17H23FNO3P/c1-10(21)19-7-11-3-2-6-17(9-20)12(11)8-22-16-14(23)5-4-13(18)15(16)17/h9,11-12H,2-8,23H2,1H3,(H,19,21)/t11-,12-,17?/m0/s1. The highest BCUT2D eigenvalue weighted by Gasteiger charge is 2.54. The Bertz CT molecular complexity index is 601. The molecule has 2 aliphatic carbocycles. The van der Waals surface area contributed by atoms with Crippen LogP contribution in [0.1, 0.15) is 39.0 Å². The van der Waals surface area contributed by atoms with Gasteiger partial charge in [0.1, 0.15) is 17.9 Å². The van der Waals surface area contributed by atoms with Crippen LogP contribution in [0.25, 0.3) is 0 Å². The van der Waals surface area contributed by atoms with E-state index in [2.05, 4.69) is 14.6 Å². The first kappa shape index (κ1) is 16.6. The van der Waals surface area contributed by atoms with Crippen molar-refractivity contribution >= 4 is 21.4 Å². The summed E-state index contributed by atoms with van der Waals surface area (Å²) in [5.41, 5.74) is -0.325. The molecular weight excluding hydrogens is 316 g/mol. The van der Waals surface area contributed by atoms with Crippen LogP contribution in [0, 0.1) is 17.3 Å². The van der Waals surface area contributed by atoms with Crippen LogP contribution in [-0.4, -0.2) is 25.3 Å². The molecule has 0 aromatic carbocycles. The number of rotatable bonds is 3. The molecule has 1 N–H and O–H groups in total. The van der Waals surface area contributed by atoms with Gasteiger partial charge in [-0.3, -0.25) is 4.79 Å². The highest BCUT2D eigenvalue weighted by molar-refractivity contribution is 7.22. The predicted octanol–water partition coefficient (Wildman–Crippen LogP) is 2.86. The lowest BCUT2D eigenvalue weighted by molar-refractivity contribution is -0.125. The second-order valence-electron chi connectivity index (χ2n) is 6.80. The first-order valence-corrected chi connectivity index (χ1v) is 8.79. The normalized spacial score (nSPS) is 33.5. The average Bonchev–Trinajstić information content (AvgIpc) is 2.55. The Hall–Kier alpha value is -1.22. The molecule has 3 rings (SSSR count). The van der Waals surface area contributed by atoms with E-state index >= 15 is 0 Å². The summed E-state index contributed by atoms with van der Waals surface area (Å²) in [6.07, 6.45) is 4.33. The molecule has 1 amide bonds. The van der Waals surface area contributed by atoms with E-state index in [1.165, 1.54) is 6.92 Å². The molecule has 0 bridgehead atoms. The summed E-state index contributed by atoms with van der Waals surface area (Å²) in [7, 11) is 2.63.